The van der Waals surface area contributed by atoms with Gasteiger partial charge in [0.05, 0.1) is 0 Å². The molecule has 0 aliphatic carbocycles. The molecule has 1 N–H and O–H groups in total. The molecule has 0 unspecified atom stereocenters. The van der Waals surface area contributed by atoms with Gasteiger partial charge in [0.1, 0.15) is 11.5 Å². The van der Waals surface area contributed by atoms with Crippen LogP contribution in [0, 0.1) is 0 Å². The summed E-state index contributed by atoms with van der Waals surface area (Å²) in [6.45, 7) is 4.49. The molecule has 0 aromatic carbocycles. The first-order valence-electron chi connectivity index (χ1n) is 6.76. The van der Waals surface area contributed by atoms with E-state index in [2.05, 4.69) is 20.4 Å². The Balaban J connectivity index is 1.96. The molecule has 2 heterocycles. The van der Waals surface area contributed by atoms with Gasteiger partial charge >= 0.3 is 0 Å². The van der Waals surface area contributed by atoms with E-state index in [1.54, 1.807) is 23.1 Å². The lowest BCUT2D eigenvalue weighted by Crippen LogP contribution is -2.26. The van der Waals surface area contributed by atoms with Crippen LogP contribution in [0.4, 0.5) is 0 Å². The molecule has 6 nitrogen and oxygen atoms in total. The summed E-state index contributed by atoms with van der Waals surface area (Å²) < 4.78 is 1.63. The fraction of sp³-hybridized carbons (Fsp3) is 0.429. The van der Waals surface area contributed by atoms with Crippen LogP contribution in [-0.4, -0.2) is 32.2 Å². The summed E-state index contributed by atoms with van der Waals surface area (Å²) in [6.07, 6.45) is 2.22. The number of nitrogens with zero attached hydrogens (tertiary/aromatic N) is 4. The third-order valence-electron chi connectivity index (χ3n) is 2.95. The van der Waals surface area contributed by atoms with Crippen molar-refractivity contribution in [3.63, 3.8) is 0 Å². The molecule has 0 aliphatic rings. The molecule has 0 bridgehead atoms. The molecule has 21 heavy (non-hydrogen) atoms. The van der Waals surface area contributed by atoms with Gasteiger partial charge in [-0.3, -0.25) is 9.48 Å². The summed E-state index contributed by atoms with van der Waals surface area (Å²) in [5.74, 6) is 0.749. The van der Waals surface area contributed by atoms with Gasteiger partial charge in [0, 0.05) is 31.3 Å². The molecule has 7 heteroatoms. The van der Waals surface area contributed by atoms with Crippen molar-refractivity contribution in [3.05, 3.63) is 40.7 Å². The number of nitrogens with one attached hydrogen (secondary N) is 1. The third-order valence-corrected chi connectivity index (χ3v) is 3.14. The number of carbonyl (C=O) groups excluding carboxylic acids is 1. The Kier molecular flexibility index (Phi) is 4.90. The van der Waals surface area contributed by atoms with E-state index in [0.29, 0.717) is 29.5 Å². The van der Waals surface area contributed by atoms with Crippen LogP contribution in [0.25, 0.3) is 0 Å². The molecule has 0 radical (unpaired) electrons. The third kappa shape index (κ3) is 4.26. The summed E-state index contributed by atoms with van der Waals surface area (Å²) in [6, 6.07) is 3.34. The summed E-state index contributed by atoms with van der Waals surface area (Å²) in [7, 11) is 1.81. The number of hydrogen-bond acceptors (Lipinski definition) is 4. The molecule has 0 fully saturated rings. The highest BCUT2D eigenvalue weighted by Crippen LogP contribution is 2.17. The van der Waals surface area contributed by atoms with Crippen LogP contribution < -0.4 is 5.32 Å². The Morgan fingerprint density at radius 2 is 2.19 bits per heavy atom. The van der Waals surface area contributed by atoms with Gasteiger partial charge in [0.15, 0.2) is 5.82 Å². The lowest BCUT2D eigenvalue weighted by molar-refractivity contribution is 0.0953. The maximum absolute atomic E-state index is 12.1. The second-order valence-electron chi connectivity index (χ2n) is 5.10. The Morgan fingerprint density at radius 1 is 1.43 bits per heavy atom. The highest BCUT2D eigenvalue weighted by atomic mass is 35.5. The number of halogens is 1. The van der Waals surface area contributed by atoms with Crippen LogP contribution in [-0.2, 0) is 13.5 Å². The molecule has 0 spiro atoms. The van der Waals surface area contributed by atoms with Gasteiger partial charge in [-0.1, -0.05) is 25.4 Å². The fourth-order valence-corrected chi connectivity index (χ4v) is 2.05. The second-order valence-corrected chi connectivity index (χ2v) is 5.49. The van der Waals surface area contributed by atoms with Crippen molar-refractivity contribution in [2.75, 3.05) is 6.54 Å². The van der Waals surface area contributed by atoms with Gasteiger partial charge in [0.2, 0.25) is 0 Å². The fourth-order valence-electron chi connectivity index (χ4n) is 1.83. The summed E-state index contributed by atoms with van der Waals surface area (Å²) in [5, 5.41) is 7.32. The first kappa shape index (κ1) is 15.4. The Labute approximate surface area is 128 Å². The molecular weight excluding hydrogens is 290 g/mol. The summed E-state index contributed by atoms with van der Waals surface area (Å²) in [5.41, 5.74) is 1.33. The topological polar surface area (TPSA) is 72.7 Å². The maximum Gasteiger partial charge on any atom is 0.251 e. The van der Waals surface area contributed by atoms with Crippen LogP contribution in [0.5, 0.6) is 0 Å². The van der Waals surface area contributed by atoms with E-state index < -0.39 is 0 Å². The zero-order valence-electron chi connectivity index (χ0n) is 12.3. The highest BCUT2D eigenvalue weighted by molar-refractivity contribution is 6.29. The van der Waals surface area contributed by atoms with Gasteiger partial charge in [-0.15, -0.1) is 0 Å². The number of aryl methyl sites for hydroxylation is 1. The Hall–Kier alpha value is -1.95. The van der Waals surface area contributed by atoms with E-state index in [4.69, 9.17) is 11.6 Å². The standard InChI is InChI=1S/C14H18ClN5O/c1-9(2)11-6-10(7-12(15)18-11)14(21)16-5-4-13-17-8-20(3)19-13/h6-9H,4-5H2,1-3H3,(H,16,21). The minimum absolute atomic E-state index is 0.169. The summed E-state index contributed by atoms with van der Waals surface area (Å²) >= 11 is 5.96. The molecule has 2 aromatic heterocycles. The number of rotatable bonds is 5. The quantitative estimate of drug-likeness (QED) is 0.857. The number of hydrogen-bond donors (Lipinski definition) is 1. The van der Waals surface area contributed by atoms with Crippen molar-refractivity contribution >= 4 is 17.5 Å². The molecule has 0 atom stereocenters. The van der Waals surface area contributed by atoms with Gasteiger partial charge < -0.3 is 5.32 Å². The van der Waals surface area contributed by atoms with Crippen molar-refractivity contribution < 1.29 is 4.79 Å². The van der Waals surface area contributed by atoms with E-state index in [1.165, 1.54) is 0 Å². The molecular formula is C14H18ClN5O. The zero-order chi connectivity index (χ0) is 15.4. The van der Waals surface area contributed by atoms with Crippen LogP contribution in [0.15, 0.2) is 18.5 Å². The van der Waals surface area contributed by atoms with Crippen molar-refractivity contribution in [2.24, 2.45) is 7.05 Å². The van der Waals surface area contributed by atoms with Gasteiger partial charge in [-0.25, -0.2) is 9.97 Å². The zero-order valence-corrected chi connectivity index (χ0v) is 13.1. The van der Waals surface area contributed by atoms with E-state index >= 15 is 0 Å². The van der Waals surface area contributed by atoms with Gasteiger partial charge in [-0.05, 0) is 18.1 Å². The lowest BCUT2D eigenvalue weighted by Gasteiger charge is -2.09. The minimum Gasteiger partial charge on any atom is -0.352 e. The predicted molar refractivity (Wildman–Crippen MR) is 80.4 cm³/mol. The van der Waals surface area contributed by atoms with E-state index in [1.807, 2.05) is 20.9 Å². The monoisotopic (exact) mass is 307 g/mol. The van der Waals surface area contributed by atoms with Gasteiger partial charge in [-0.2, -0.15) is 5.10 Å². The van der Waals surface area contributed by atoms with Crippen LogP contribution >= 0.6 is 11.6 Å². The normalized spacial score (nSPS) is 10.9. The van der Waals surface area contributed by atoms with Crippen LogP contribution in [0.2, 0.25) is 5.15 Å². The van der Waals surface area contributed by atoms with Gasteiger partial charge in [0.25, 0.3) is 5.91 Å². The number of aromatic nitrogens is 4. The molecule has 2 rings (SSSR count). The maximum atomic E-state index is 12.1. The smallest absolute Gasteiger partial charge is 0.251 e. The Bertz CT molecular complexity index is 638. The number of amides is 1. The van der Waals surface area contributed by atoms with Crippen molar-refractivity contribution in [3.8, 4) is 0 Å². The first-order valence-corrected chi connectivity index (χ1v) is 7.13. The minimum atomic E-state index is -0.169. The number of carbonyl (C=O) groups is 1. The van der Waals surface area contributed by atoms with Crippen molar-refractivity contribution in [1.29, 1.82) is 0 Å². The molecule has 0 saturated carbocycles. The molecule has 1 amide bonds. The highest BCUT2D eigenvalue weighted by Gasteiger charge is 2.11. The van der Waals surface area contributed by atoms with E-state index in [0.717, 1.165) is 5.69 Å². The Morgan fingerprint density at radius 3 is 2.81 bits per heavy atom. The summed E-state index contributed by atoms with van der Waals surface area (Å²) in [4.78, 5) is 20.4. The van der Waals surface area contributed by atoms with Crippen LogP contribution in [0.1, 0.15) is 41.6 Å². The lowest BCUT2D eigenvalue weighted by atomic mass is 10.1. The van der Waals surface area contributed by atoms with Crippen molar-refractivity contribution in [2.45, 2.75) is 26.2 Å². The average Bonchev–Trinajstić information content (AvgIpc) is 2.83. The van der Waals surface area contributed by atoms with Crippen molar-refractivity contribution in [1.82, 2.24) is 25.1 Å². The first-order chi connectivity index (χ1) is 9.95. The average molecular weight is 308 g/mol. The second kappa shape index (κ2) is 6.67. The SMILES string of the molecule is CC(C)c1cc(C(=O)NCCc2ncn(C)n2)cc(Cl)n1. The molecule has 112 valence electrons. The molecule has 0 aliphatic heterocycles. The molecule has 0 saturated heterocycles. The van der Waals surface area contributed by atoms with E-state index in [-0.39, 0.29) is 11.8 Å². The van der Waals surface area contributed by atoms with Crippen LogP contribution in [0.3, 0.4) is 0 Å². The van der Waals surface area contributed by atoms with E-state index in [9.17, 15) is 4.79 Å². The predicted octanol–water partition coefficient (Wildman–Crippen LogP) is 1.96. The molecule has 2 aromatic rings. The largest absolute Gasteiger partial charge is 0.352 e. The number of pyridine rings is 1.